The van der Waals surface area contributed by atoms with Gasteiger partial charge in [-0.15, -0.1) is 0 Å². The molecule has 0 aromatic carbocycles. The van der Waals surface area contributed by atoms with Gasteiger partial charge in [0.1, 0.15) is 5.69 Å². The zero-order chi connectivity index (χ0) is 13.3. The molecule has 0 saturated carbocycles. The topological polar surface area (TPSA) is 92.7 Å². The van der Waals surface area contributed by atoms with E-state index in [1.807, 2.05) is 6.92 Å². The maximum atomic E-state index is 11.9. The fraction of sp³-hybridized carbons (Fsp3) is 0.273. The number of aromatic amines is 1. The summed E-state index contributed by atoms with van der Waals surface area (Å²) in [5.41, 5.74) is 2.02. The Kier molecular flexibility index (Phi) is 2.97. The van der Waals surface area contributed by atoms with Crippen molar-refractivity contribution in [3.05, 3.63) is 39.6 Å². The fourth-order valence-corrected chi connectivity index (χ4v) is 1.54. The summed E-state index contributed by atoms with van der Waals surface area (Å²) < 4.78 is 1.12. The molecule has 0 saturated heterocycles. The minimum absolute atomic E-state index is 0.178. The van der Waals surface area contributed by atoms with E-state index < -0.39 is 0 Å². The second-order valence-electron chi connectivity index (χ2n) is 3.94. The Morgan fingerprint density at radius 3 is 2.67 bits per heavy atom. The molecule has 94 valence electrons. The number of amides is 1. The molecule has 0 atom stereocenters. The van der Waals surface area contributed by atoms with Crippen LogP contribution in [0.15, 0.2) is 16.9 Å². The first-order valence-corrected chi connectivity index (χ1v) is 5.36. The van der Waals surface area contributed by atoms with Crippen molar-refractivity contribution in [3.8, 4) is 0 Å². The number of H-pyrrole nitrogens is 1. The van der Waals surface area contributed by atoms with E-state index >= 15 is 0 Å². The van der Waals surface area contributed by atoms with Gasteiger partial charge >= 0.3 is 0 Å². The lowest BCUT2D eigenvalue weighted by Crippen LogP contribution is -2.23. The van der Waals surface area contributed by atoms with Gasteiger partial charge in [0.05, 0.1) is 17.1 Å². The molecule has 0 bridgehead atoms. The van der Waals surface area contributed by atoms with Gasteiger partial charge in [0.25, 0.3) is 11.5 Å². The van der Waals surface area contributed by atoms with Gasteiger partial charge in [-0.3, -0.25) is 14.7 Å². The first-order chi connectivity index (χ1) is 8.49. The molecule has 0 aliphatic rings. The highest BCUT2D eigenvalue weighted by Gasteiger charge is 2.13. The molecule has 7 heteroatoms. The molecule has 2 N–H and O–H groups in total. The van der Waals surface area contributed by atoms with Crippen molar-refractivity contribution >= 4 is 11.6 Å². The van der Waals surface area contributed by atoms with Gasteiger partial charge < -0.3 is 5.32 Å². The summed E-state index contributed by atoms with van der Waals surface area (Å²) in [4.78, 5) is 23.1. The van der Waals surface area contributed by atoms with Crippen molar-refractivity contribution in [2.45, 2.75) is 13.8 Å². The Labute approximate surface area is 103 Å². The molecular weight excluding hydrogens is 234 g/mol. The number of carbonyl (C=O) groups is 1. The number of anilines is 1. The summed E-state index contributed by atoms with van der Waals surface area (Å²) in [7, 11) is 1.49. The van der Waals surface area contributed by atoms with Crippen LogP contribution in [-0.2, 0) is 7.05 Å². The lowest BCUT2D eigenvalue weighted by Gasteiger charge is -2.05. The van der Waals surface area contributed by atoms with E-state index in [2.05, 4.69) is 20.6 Å². The van der Waals surface area contributed by atoms with E-state index in [1.165, 1.54) is 19.2 Å². The summed E-state index contributed by atoms with van der Waals surface area (Å²) in [6, 6.07) is 2.69. The maximum absolute atomic E-state index is 11.9. The number of nitrogens with zero attached hydrogens (tertiary/aromatic N) is 3. The summed E-state index contributed by atoms with van der Waals surface area (Å²) in [6.07, 6.45) is 0. The first-order valence-electron chi connectivity index (χ1n) is 5.36. The predicted molar refractivity (Wildman–Crippen MR) is 65.5 cm³/mol. The number of rotatable bonds is 2. The molecule has 0 spiro atoms. The fourth-order valence-electron chi connectivity index (χ4n) is 1.54. The molecule has 0 fully saturated rings. The van der Waals surface area contributed by atoms with Crippen LogP contribution in [0.2, 0.25) is 0 Å². The molecule has 18 heavy (non-hydrogen) atoms. The van der Waals surface area contributed by atoms with Crippen molar-refractivity contribution in [1.82, 2.24) is 20.0 Å². The van der Waals surface area contributed by atoms with Crippen LogP contribution < -0.4 is 10.9 Å². The van der Waals surface area contributed by atoms with E-state index in [0.717, 1.165) is 10.4 Å². The quantitative estimate of drug-likeness (QED) is 0.802. The van der Waals surface area contributed by atoms with E-state index in [1.54, 1.807) is 6.92 Å². The zero-order valence-electron chi connectivity index (χ0n) is 10.3. The van der Waals surface area contributed by atoms with Crippen molar-refractivity contribution in [3.63, 3.8) is 0 Å². The maximum Gasteiger partial charge on any atom is 0.276 e. The lowest BCUT2D eigenvalue weighted by molar-refractivity contribution is 0.102. The van der Waals surface area contributed by atoms with Crippen molar-refractivity contribution in [2.75, 3.05) is 5.32 Å². The molecule has 0 unspecified atom stereocenters. The molecule has 2 rings (SSSR count). The van der Waals surface area contributed by atoms with Gasteiger partial charge in [0, 0.05) is 13.1 Å². The monoisotopic (exact) mass is 247 g/mol. The predicted octanol–water partition coefficient (Wildman–Crippen LogP) is 0.373. The SMILES string of the molecule is Cc1n[nH]c(C)c1NC(=O)c1ccc(=O)n(C)n1. The second kappa shape index (κ2) is 4.44. The largest absolute Gasteiger partial charge is 0.317 e. The summed E-state index contributed by atoms with van der Waals surface area (Å²) in [5.74, 6) is -0.377. The Balaban J connectivity index is 2.27. The number of nitrogens with one attached hydrogen (secondary N) is 2. The standard InChI is InChI=1S/C11H13N5O2/c1-6-10(7(2)14-13-6)12-11(18)8-4-5-9(17)16(3)15-8/h4-5H,1-3H3,(H,12,18)(H,13,14). The molecule has 0 radical (unpaired) electrons. The van der Waals surface area contributed by atoms with Crippen LogP contribution in [0.5, 0.6) is 0 Å². The Hall–Kier alpha value is -2.44. The smallest absolute Gasteiger partial charge is 0.276 e. The van der Waals surface area contributed by atoms with Crippen molar-refractivity contribution in [2.24, 2.45) is 7.05 Å². The van der Waals surface area contributed by atoms with E-state index in [4.69, 9.17) is 0 Å². The van der Waals surface area contributed by atoms with Gasteiger partial charge in [-0.1, -0.05) is 0 Å². The molecule has 7 nitrogen and oxygen atoms in total. The van der Waals surface area contributed by atoms with Crippen LogP contribution in [0, 0.1) is 13.8 Å². The number of aromatic nitrogens is 4. The molecule has 1 amide bonds. The zero-order valence-corrected chi connectivity index (χ0v) is 10.3. The van der Waals surface area contributed by atoms with E-state index in [9.17, 15) is 9.59 Å². The van der Waals surface area contributed by atoms with Crippen LogP contribution >= 0.6 is 0 Å². The molecule has 2 aromatic heterocycles. The number of carbonyl (C=O) groups excluding carboxylic acids is 1. The highest BCUT2D eigenvalue weighted by atomic mass is 16.2. The lowest BCUT2D eigenvalue weighted by atomic mass is 10.3. The van der Waals surface area contributed by atoms with E-state index in [0.29, 0.717) is 11.4 Å². The summed E-state index contributed by atoms with van der Waals surface area (Å²) in [5, 5.41) is 13.3. The van der Waals surface area contributed by atoms with Gasteiger partial charge in [-0.2, -0.15) is 10.2 Å². The van der Waals surface area contributed by atoms with E-state index in [-0.39, 0.29) is 17.2 Å². The van der Waals surface area contributed by atoms with Gasteiger partial charge in [-0.05, 0) is 19.9 Å². The third kappa shape index (κ3) is 2.15. The highest BCUT2D eigenvalue weighted by Crippen LogP contribution is 2.16. The average Bonchev–Trinajstić information content (AvgIpc) is 2.64. The number of hydrogen-bond acceptors (Lipinski definition) is 4. The third-order valence-corrected chi connectivity index (χ3v) is 2.56. The van der Waals surface area contributed by atoms with Gasteiger partial charge in [-0.25, -0.2) is 4.68 Å². The minimum Gasteiger partial charge on any atom is -0.317 e. The minimum atomic E-state index is -0.377. The summed E-state index contributed by atoms with van der Waals surface area (Å²) >= 11 is 0. The number of aryl methyl sites for hydroxylation is 3. The number of hydrogen-bond donors (Lipinski definition) is 2. The molecule has 2 heterocycles. The van der Waals surface area contributed by atoms with Crippen molar-refractivity contribution in [1.29, 1.82) is 0 Å². The average molecular weight is 247 g/mol. The third-order valence-electron chi connectivity index (χ3n) is 2.56. The van der Waals surface area contributed by atoms with Crippen LogP contribution in [0.3, 0.4) is 0 Å². The van der Waals surface area contributed by atoms with Crippen molar-refractivity contribution < 1.29 is 4.79 Å². The normalized spacial score (nSPS) is 10.4. The Morgan fingerprint density at radius 2 is 2.11 bits per heavy atom. The molecular formula is C11H13N5O2. The highest BCUT2D eigenvalue weighted by molar-refractivity contribution is 6.03. The summed E-state index contributed by atoms with van der Waals surface area (Å²) in [6.45, 7) is 3.59. The van der Waals surface area contributed by atoms with Crippen LogP contribution in [0.1, 0.15) is 21.9 Å². The van der Waals surface area contributed by atoms with Crippen LogP contribution in [-0.4, -0.2) is 25.9 Å². The van der Waals surface area contributed by atoms with Gasteiger partial charge in [0.2, 0.25) is 0 Å². The molecule has 0 aliphatic carbocycles. The molecule has 2 aromatic rings. The van der Waals surface area contributed by atoms with Gasteiger partial charge in [0.15, 0.2) is 0 Å². The Bertz CT molecular complexity index is 636. The second-order valence-corrected chi connectivity index (χ2v) is 3.94. The molecule has 0 aliphatic heterocycles. The Morgan fingerprint density at radius 1 is 1.39 bits per heavy atom. The van der Waals surface area contributed by atoms with Crippen LogP contribution in [0.25, 0.3) is 0 Å². The first kappa shape index (κ1) is 12.0. The van der Waals surface area contributed by atoms with Crippen LogP contribution in [0.4, 0.5) is 5.69 Å².